The van der Waals surface area contributed by atoms with E-state index in [0.29, 0.717) is 0 Å². The molecular formula is C12H18Li. The number of aryl methyl sites for hydroxylation is 1. The molecule has 0 saturated carbocycles. The van der Waals surface area contributed by atoms with E-state index in [1.54, 1.807) is 0 Å². The Kier molecular flexibility index (Phi) is 8.30. The first-order valence-corrected chi connectivity index (χ1v) is 4.88. The molecule has 0 heterocycles. The molecule has 0 bridgehead atoms. The molecule has 0 nitrogen and oxygen atoms in total. The van der Waals surface area contributed by atoms with Crippen LogP contribution in [0.1, 0.15) is 38.2 Å². The third-order valence-corrected chi connectivity index (χ3v) is 2.11. The fraction of sp³-hybridized carbons (Fsp3) is 0.500. The van der Waals surface area contributed by atoms with Crippen molar-refractivity contribution in [3.8, 4) is 0 Å². The van der Waals surface area contributed by atoms with E-state index in [-0.39, 0.29) is 18.9 Å². The molecule has 0 aliphatic carbocycles. The summed E-state index contributed by atoms with van der Waals surface area (Å²) >= 11 is 0. The fourth-order valence-electron chi connectivity index (χ4n) is 1.34. The Bertz CT molecular complexity index is 194. The second kappa shape index (κ2) is 8.42. The van der Waals surface area contributed by atoms with Crippen LogP contribution in [0.3, 0.4) is 0 Å². The van der Waals surface area contributed by atoms with Crippen LogP contribution < -0.4 is 0 Å². The molecule has 13 heavy (non-hydrogen) atoms. The Hall–Kier alpha value is -0.183. The van der Waals surface area contributed by atoms with Gasteiger partial charge in [-0.15, -0.1) is 0 Å². The quantitative estimate of drug-likeness (QED) is 0.469. The van der Waals surface area contributed by atoms with E-state index < -0.39 is 0 Å². The summed E-state index contributed by atoms with van der Waals surface area (Å²) < 4.78 is 0. The van der Waals surface area contributed by atoms with E-state index in [9.17, 15) is 0 Å². The van der Waals surface area contributed by atoms with Crippen molar-refractivity contribution in [3.05, 3.63) is 35.9 Å². The third-order valence-electron chi connectivity index (χ3n) is 2.11. The molecule has 0 fully saturated rings. The molecule has 0 aromatic heterocycles. The monoisotopic (exact) mass is 169 g/mol. The van der Waals surface area contributed by atoms with Crippen molar-refractivity contribution in [1.29, 1.82) is 0 Å². The Morgan fingerprint density at radius 2 is 1.77 bits per heavy atom. The van der Waals surface area contributed by atoms with Gasteiger partial charge in [0.25, 0.3) is 0 Å². The summed E-state index contributed by atoms with van der Waals surface area (Å²) in [6.45, 7) is 2.25. The summed E-state index contributed by atoms with van der Waals surface area (Å²) in [7, 11) is 0. The molecule has 1 heteroatoms. The Balaban J connectivity index is 0.00000144. The summed E-state index contributed by atoms with van der Waals surface area (Å²) in [4.78, 5) is 0. The number of hydrogen-bond donors (Lipinski definition) is 0. The summed E-state index contributed by atoms with van der Waals surface area (Å²) in [5.41, 5.74) is 1.45. The van der Waals surface area contributed by atoms with Gasteiger partial charge in [-0.1, -0.05) is 50.5 Å². The molecule has 0 aliphatic rings. The summed E-state index contributed by atoms with van der Waals surface area (Å²) in [5, 5.41) is 0. The van der Waals surface area contributed by atoms with Gasteiger partial charge in [-0.05, 0) is 24.5 Å². The summed E-state index contributed by atoms with van der Waals surface area (Å²) in [6, 6.07) is 11.3. The standard InChI is InChI=1S/C12H17.Li.H/c1-2-3-4-6-9-12-10-7-5-8-11-12;;/h7-8,10-11H,2-4,6,9H2,1H3;;. The second-order valence-electron chi connectivity index (χ2n) is 3.22. The zero-order chi connectivity index (χ0) is 8.65. The van der Waals surface area contributed by atoms with Gasteiger partial charge in [0, 0.05) is 0 Å². The first-order valence-electron chi connectivity index (χ1n) is 4.88. The molecule has 0 atom stereocenters. The maximum atomic E-state index is 3.03. The molecule has 0 unspecified atom stereocenters. The number of unbranched alkanes of at least 4 members (excludes halogenated alkanes) is 3. The van der Waals surface area contributed by atoms with Gasteiger partial charge in [-0.2, -0.15) is 0 Å². The van der Waals surface area contributed by atoms with Gasteiger partial charge >= 0.3 is 18.9 Å². The molecular weight excluding hydrogens is 151 g/mol. The van der Waals surface area contributed by atoms with Crippen LogP contribution in [0.15, 0.2) is 24.3 Å². The Morgan fingerprint density at radius 1 is 1.08 bits per heavy atom. The average Bonchev–Trinajstić information content (AvgIpc) is 2.14. The third kappa shape index (κ3) is 5.97. The van der Waals surface area contributed by atoms with Crippen molar-refractivity contribution in [2.24, 2.45) is 0 Å². The van der Waals surface area contributed by atoms with Crippen LogP contribution in [0.4, 0.5) is 0 Å². The molecule has 0 aliphatic heterocycles. The van der Waals surface area contributed by atoms with Crippen LogP contribution in [-0.2, 0) is 6.42 Å². The predicted octanol–water partition coefficient (Wildman–Crippen LogP) is 2.96. The van der Waals surface area contributed by atoms with E-state index in [2.05, 4.69) is 25.1 Å². The predicted molar refractivity (Wildman–Crippen MR) is 60.3 cm³/mol. The van der Waals surface area contributed by atoms with Crippen molar-refractivity contribution < 1.29 is 0 Å². The minimum atomic E-state index is 0. The fourth-order valence-corrected chi connectivity index (χ4v) is 1.34. The molecule has 1 rings (SSSR count). The molecule has 1 aromatic rings. The van der Waals surface area contributed by atoms with Gasteiger partial charge < -0.3 is 0 Å². The molecule has 1 aromatic carbocycles. The second-order valence-corrected chi connectivity index (χ2v) is 3.22. The van der Waals surface area contributed by atoms with Gasteiger partial charge in [-0.25, -0.2) is 0 Å². The van der Waals surface area contributed by atoms with Crippen molar-refractivity contribution >= 4 is 18.9 Å². The van der Waals surface area contributed by atoms with Gasteiger partial charge in [0.2, 0.25) is 0 Å². The van der Waals surface area contributed by atoms with Crippen LogP contribution in [-0.4, -0.2) is 18.9 Å². The molecule has 67 valence electrons. The molecule has 0 N–H and O–H groups in total. The van der Waals surface area contributed by atoms with E-state index in [1.165, 1.54) is 37.7 Å². The number of rotatable bonds is 5. The number of hydrogen-bond acceptors (Lipinski definition) is 0. The zero-order valence-corrected chi connectivity index (χ0v) is 7.84. The number of benzene rings is 1. The summed E-state index contributed by atoms with van der Waals surface area (Å²) in [6.07, 6.45) is 6.63. The first kappa shape index (κ1) is 12.8. The Morgan fingerprint density at radius 3 is 2.38 bits per heavy atom. The van der Waals surface area contributed by atoms with E-state index in [1.807, 2.05) is 12.1 Å². The van der Waals surface area contributed by atoms with Crippen molar-refractivity contribution in [2.45, 2.75) is 39.0 Å². The SMILES string of the molecule is CCCCCCc1cc[c]cc1.[LiH]. The van der Waals surface area contributed by atoms with Crippen LogP contribution in [0.25, 0.3) is 0 Å². The molecule has 0 spiro atoms. The molecule has 0 amide bonds. The van der Waals surface area contributed by atoms with E-state index >= 15 is 0 Å². The Labute approximate surface area is 93.9 Å². The van der Waals surface area contributed by atoms with Gasteiger partial charge in [0.1, 0.15) is 0 Å². The van der Waals surface area contributed by atoms with Crippen molar-refractivity contribution in [1.82, 2.24) is 0 Å². The van der Waals surface area contributed by atoms with Gasteiger partial charge in [-0.3, -0.25) is 0 Å². The minimum absolute atomic E-state index is 0. The topological polar surface area (TPSA) is 0 Å². The van der Waals surface area contributed by atoms with Gasteiger partial charge in [0.05, 0.1) is 0 Å². The van der Waals surface area contributed by atoms with E-state index in [0.717, 1.165) is 0 Å². The summed E-state index contributed by atoms with van der Waals surface area (Å²) in [5.74, 6) is 0. The van der Waals surface area contributed by atoms with Crippen molar-refractivity contribution in [3.63, 3.8) is 0 Å². The normalized spacial score (nSPS) is 9.31. The maximum absolute atomic E-state index is 3.03. The first-order chi connectivity index (χ1) is 5.93. The van der Waals surface area contributed by atoms with E-state index in [4.69, 9.17) is 0 Å². The van der Waals surface area contributed by atoms with Crippen LogP contribution in [0, 0.1) is 6.07 Å². The van der Waals surface area contributed by atoms with Crippen molar-refractivity contribution in [2.75, 3.05) is 0 Å². The zero-order valence-electron chi connectivity index (χ0n) is 7.84. The van der Waals surface area contributed by atoms with Crippen LogP contribution in [0.5, 0.6) is 0 Å². The molecule has 1 radical (unpaired) electrons. The van der Waals surface area contributed by atoms with Gasteiger partial charge in [0.15, 0.2) is 0 Å². The van der Waals surface area contributed by atoms with Crippen LogP contribution >= 0.6 is 0 Å². The average molecular weight is 169 g/mol. The molecule has 0 saturated heterocycles. The van der Waals surface area contributed by atoms with Crippen LogP contribution in [0.2, 0.25) is 0 Å².